The van der Waals surface area contributed by atoms with Gasteiger partial charge in [-0.1, -0.05) is 6.92 Å². The quantitative estimate of drug-likeness (QED) is 0.833. The summed E-state index contributed by atoms with van der Waals surface area (Å²) in [6.07, 6.45) is 4.72. The Morgan fingerprint density at radius 1 is 1.40 bits per heavy atom. The van der Waals surface area contributed by atoms with Crippen LogP contribution >= 0.6 is 0 Å². The molecular weight excluding hydrogens is 274 g/mol. The van der Waals surface area contributed by atoms with E-state index in [1.807, 2.05) is 6.07 Å². The Morgan fingerprint density at radius 3 is 2.75 bits per heavy atom. The van der Waals surface area contributed by atoms with Crippen LogP contribution in [-0.2, 0) is 10.0 Å². The van der Waals surface area contributed by atoms with Gasteiger partial charge in [0, 0.05) is 18.3 Å². The maximum atomic E-state index is 11.8. The second kappa shape index (κ2) is 6.01. The van der Waals surface area contributed by atoms with Gasteiger partial charge in [-0.05, 0) is 50.9 Å². The van der Waals surface area contributed by atoms with Crippen LogP contribution in [0.25, 0.3) is 0 Å². The van der Waals surface area contributed by atoms with E-state index in [1.54, 1.807) is 12.1 Å². The van der Waals surface area contributed by atoms with Gasteiger partial charge in [-0.3, -0.25) is 0 Å². The number of rotatable bonds is 4. The molecule has 1 atom stereocenters. The van der Waals surface area contributed by atoms with Crippen LogP contribution in [0.2, 0.25) is 0 Å². The number of sulfonamides is 1. The number of benzene rings is 1. The lowest BCUT2D eigenvalue weighted by molar-refractivity contribution is 0.450. The first-order chi connectivity index (χ1) is 9.49. The monoisotopic (exact) mass is 297 g/mol. The molecule has 0 aromatic heterocycles. The third-order valence-corrected chi connectivity index (χ3v) is 5.47. The first-order valence-corrected chi connectivity index (χ1v) is 8.57. The van der Waals surface area contributed by atoms with E-state index in [0.717, 1.165) is 18.7 Å². The molecule has 1 aromatic carbocycles. The van der Waals surface area contributed by atoms with Crippen molar-refractivity contribution in [1.29, 1.82) is 0 Å². The highest BCUT2D eigenvalue weighted by molar-refractivity contribution is 7.89. The fourth-order valence-electron chi connectivity index (χ4n) is 2.83. The summed E-state index contributed by atoms with van der Waals surface area (Å²) in [5.74, 6) is 0. The number of hydrogen-bond donors (Lipinski definition) is 2. The van der Waals surface area contributed by atoms with Crippen molar-refractivity contribution in [3.63, 3.8) is 0 Å². The van der Waals surface area contributed by atoms with Crippen LogP contribution in [0.4, 0.5) is 11.4 Å². The molecule has 1 unspecified atom stereocenters. The van der Waals surface area contributed by atoms with E-state index < -0.39 is 10.0 Å². The van der Waals surface area contributed by atoms with Crippen molar-refractivity contribution in [1.82, 2.24) is 4.72 Å². The van der Waals surface area contributed by atoms with Crippen molar-refractivity contribution in [2.75, 3.05) is 24.2 Å². The van der Waals surface area contributed by atoms with Crippen LogP contribution in [0.3, 0.4) is 0 Å². The minimum atomic E-state index is -3.49. The Hall–Kier alpha value is -1.27. The van der Waals surface area contributed by atoms with Gasteiger partial charge >= 0.3 is 0 Å². The molecule has 1 aromatic rings. The summed E-state index contributed by atoms with van der Waals surface area (Å²) in [7, 11) is -2.10. The van der Waals surface area contributed by atoms with Gasteiger partial charge in [-0.2, -0.15) is 0 Å². The maximum Gasteiger partial charge on any atom is 0.242 e. The second-order valence-corrected chi connectivity index (χ2v) is 7.04. The number of nitrogens with one attached hydrogen (secondary N) is 1. The van der Waals surface area contributed by atoms with E-state index in [9.17, 15) is 8.42 Å². The van der Waals surface area contributed by atoms with Crippen molar-refractivity contribution in [2.45, 2.75) is 43.5 Å². The lowest BCUT2D eigenvalue weighted by atomic mass is 9.99. The normalized spacial score (nSPS) is 20.1. The zero-order valence-electron chi connectivity index (χ0n) is 12.1. The summed E-state index contributed by atoms with van der Waals surface area (Å²) in [5, 5.41) is 0. The molecule has 1 aliphatic heterocycles. The van der Waals surface area contributed by atoms with Crippen molar-refractivity contribution in [2.24, 2.45) is 0 Å². The van der Waals surface area contributed by atoms with Gasteiger partial charge in [0.15, 0.2) is 0 Å². The van der Waals surface area contributed by atoms with Crippen molar-refractivity contribution in [3.8, 4) is 0 Å². The van der Waals surface area contributed by atoms with Crippen molar-refractivity contribution in [3.05, 3.63) is 18.2 Å². The maximum absolute atomic E-state index is 11.8. The van der Waals surface area contributed by atoms with Crippen LogP contribution in [0, 0.1) is 0 Å². The predicted molar refractivity (Wildman–Crippen MR) is 82.4 cm³/mol. The topological polar surface area (TPSA) is 75.4 Å². The number of hydrogen-bond acceptors (Lipinski definition) is 4. The van der Waals surface area contributed by atoms with Crippen LogP contribution in [0.1, 0.15) is 32.6 Å². The summed E-state index contributed by atoms with van der Waals surface area (Å²) in [5.41, 5.74) is 7.25. The molecule has 1 aliphatic rings. The molecule has 5 nitrogen and oxygen atoms in total. The van der Waals surface area contributed by atoms with E-state index in [1.165, 1.54) is 26.3 Å². The van der Waals surface area contributed by atoms with Gasteiger partial charge in [0.2, 0.25) is 10.0 Å². The molecular formula is C14H23N3O2S. The Morgan fingerprint density at radius 2 is 2.15 bits per heavy atom. The number of anilines is 2. The molecule has 1 heterocycles. The van der Waals surface area contributed by atoms with Gasteiger partial charge in [0.1, 0.15) is 4.90 Å². The highest BCUT2D eigenvalue weighted by Gasteiger charge is 2.23. The van der Waals surface area contributed by atoms with Crippen molar-refractivity contribution >= 4 is 21.4 Å². The number of nitrogens with zero attached hydrogens (tertiary/aromatic N) is 1. The molecule has 0 spiro atoms. The summed E-state index contributed by atoms with van der Waals surface area (Å²) in [6, 6.07) is 5.75. The van der Waals surface area contributed by atoms with Crippen LogP contribution in [0.5, 0.6) is 0 Å². The summed E-state index contributed by atoms with van der Waals surface area (Å²) in [6.45, 7) is 3.20. The standard InChI is InChI=1S/C14H23N3O2S/c1-3-11-6-4-5-9-17(11)12-7-8-14(13(15)10-12)20(18,19)16-2/h7-8,10-11,16H,3-6,9,15H2,1-2H3. The molecule has 1 saturated heterocycles. The largest absolute Gasteiger partial charge is 0.398 e. The first-order valence-electron chi connectivity index (χ1n) is 7.09. The molecule has 112 valence electrons. The third-order valence-electron chi connectivity index (χ3n) is 3.98. The second-order valence-electron chi connectivity index (χ2n) is 5.18. The average Bonchev–Trinajstić information content (AvgIpc) is 2.46. The molecule has 0 bridgehead atoms. The molecule has 1 fully saturated rings. The molecule has 20 heavy (non-hydrogen) atoms. The lowest BCUT2D eigenvalue weighted by Crippen LogP contribution is -2.39. The van der Waals surface area contributed by atoms with Crippen LogP contribution in [-0.4, -0.2) is 28.1 Å². The van der Waals surface area contributed by atoms with Gasteiger partial charge in [0.05, 0.1) is 5.69 Å². The third kappa shape index (κ3) is 2.91. The van der Waals surface area contributed by atoms with E-state index in [2.05, 4.69) is 16.5 Å². The number of nitrogens with two attached hydrogens (primary N) is 1. The molecule has 0 amide bonds. The molecule has 6 heteroatoms. The zero-order chi connectivity index (χ0) is 14.8. The highest BCUT2D eigenvalue weighted by atomic mass is 32.2. The van der Waals surface area contributed by atoms with Crippen molar-refractivity contribution < 1.29 is 8.42 Å². The fourth-order valence-corrected chi connectivity index (χ4v) is 3.67. The van der Waals surface area contributed by atoms with Gasteiger partial charge in [-0.25, -0.2) is 13.1 Å². The summed E-state index contributed by atoms with van der Waals surface area (Å²) >= 11 is 0. The molecule has 0 saturated carbocycles. The van der Waals surface area contributed by atoms with E-state index in [4.69, 9.17) is 5.73 Å². The first kappa shape index (κ1) is 15.1. The minimum Gasteiger partial charge on any atom is -0.398 e. The molecule has 2 rings (SSSR count). The van der Waals surface area contributed by atoms with Gasteiger partial charge in [-0.15, -0.1) is 0 Å². The Kier molecular flexibility index (Phi) is 4.55. The number of nitrogen functional groups attached to an aromatic ring is 1. The fraction of sp³-hybridized carbons (Fsp3) is 0.571. The van der Waals surface area contributed by atoms with E-state index in [-0.39, 0.29) is 4.90 Å². The van der Waals surface area contributed by atoms with Crippen LogP contribution in [0.15, 0.2) is 23.1 Å². The Labute approximate surface area is 121 Å². The average molecular weight is 297 g/mol. The highest BCUT2D eigenvalue weighted by Crippen LogP contribution is 2.30. The zero-order valence-corrected chi connectivity index (χ0v) is 12.9. The Balaban J connectivity index is 2.33. The van der Waals surface area contributed by atoms with Crippen LogP contribution < -0.4 is 15.4 Å². The number of piperidine rings is 1. The molecule has 0 aliphatic carbocycles. The smallest absolute Gasteiger partial charge is 0.242 e. The molecule has 3 N–H and O–H groups in total. The van der Waals surface area contributed by atoms with E-state index in [0.29, 0.717) is 11.7 Å². The van der Waals surface area contributed by atoms with Gasteiger partial charge in [0.25, 0.3) is 0 Å². The minimum absolute atomic E-state index is 0.147. The summed E-state index contributed by atoms with van der Waals surface area (Å²) < 4.78 is 25.9. The van der Waals surface area contributed by atoms with E-state index >= 15 is 0 Å². The lowest BCUT2D eigenvalue weighted by Gasteiger charge is -2.37. The predicted octanol–water partition coefficient (Wildman–Crippen LogP) is 1.95. The van der Waals surface area contributed by atoms with Gasteiger partial charge < -0.3 is 10.6 Å². The molecule has 0 radical (unpaired) electrons. The SMILES string of the molecule is CCC1CCCCN1c1ccc(S(=O)(=O)NC)c(N)c1. The summed E-state index contributed by atoms with van der Waals surface area (Å²) in [4.78, 5) is 2.49. The Bertz CT molecular complexity index is 572.